The summed E-state index contributed by atoms with van der Waals surface area (Å²) in [5.74, 6) is -0.398. The zero-order valence-electron chi connectivity index (χ0n) is 13.9. The van der Waals surface area contributed by atoms with Crippen molar-refractivity contribution in [2.75, 3.05) is 0 Å². The minimum Gasteiger partial charge on any atom is -0.456 e. The first-order chi connectivity index (χ1) is 12.1. The van der Waals surface area contributed by atoms with E-state index in [1.54, 1.807) is 27.9 Å². The van der Waals surface area contributed by atoms with E-state index >= 15 is 0 Å². The summed E-state index contributed by atoms with van der Waals surface area (Å²) in [7, 11) is 0. The molecule has 128 valence electrons. The van der Waals surface area contributed by atoms with Gasteiger partial charge in [0.25, 0.3) is 5.56 Å². The van der Waals surface area contributed by atoms with Crippen molar-refractivity contribution in [3.8, 4) is 0 Å². The lowest BCUT2D eigenvalue weighted by atomic mass is 10.0. The third kappa shape index (κ3) is 2.98. The van der Waals surface area contributed by atoms with E-state index in [4.69, 9.17) is 4.74 Å². The second-order valence-corrected chi connectivity index (χ2v) is 7.34. The van der Waals surface area contributed by atoms with Crippen molar-refractivity contribution in [1.29, 1.82) is 0 Å². The SMILES string of the molecule is Cc1ccccc1C(=O)OCc1cc(=O)n2c3c(sc2n1)CCCC3. The highest BCUT2D eigenvalue weighted by Crippen LogP contribution is 2.28. The first-order valence-corrected chi connectivity index (χ1v) is 9.21. The molecule has 3 aromatic rings. The van der Waals surface area contributed by atoms with Crippen molar-refractivity contribution < 1.29 is 9.53 Å². The maximum absolute atomic E-state index is 12.5. The Balaban J connectivity index is 1.59. The predicted molar refractivity (Wildman–Crippen MR) is 96.3 cm³/mol. The van der Waals surface area contributed by atoms with E-state index < -0.39 is 5.97 Å². The first-order valence-electron chi connectivity index (χ1n) is 8.39. The molecule has 25 heavy (non-hydrogen) atoms. The topological polar surface area (TPSA) is 60.7 Å². The molecule has 6 heteroatoms. The largest absolute Gasteiger partial charge is 0.456 e. The Hall–Kier alpha value is -2.47. The van der Waals surface area contributed by atoms with Gasteiger partial charge < -0.3 is 4.74 Å². The monoisotopic (exact) mass is 354 g/mol. The Kier molecular flexibility index (Phi) is 4.13. The number of carbonyl (C=O) groups is 1. The van der Waals surface area contributed by atoms with Crippen molar-refractivity contribution in [3.05, 3.63) is 68.1 Å². The number of ether oxygens (including phenoxy) is 1. The van der Waals surface area contributed by atoms with Crippen molar-refractivity contribution in [1.82, 2.24) is 9.38 Å². The Labute approximate surface area is 148 Å². The summed E-state index contributed by atoms with van der Waals surface area (Å²) in [6.45, 7) is 1.87. The summed E-state index contributed by atoms with van der Waals surface area (Å²) in [5.41, 5.74) is 2.90. The van der Waals surface area contributed by atoms with Crippen LogP contribution in [0, 0.1) is 6.92 Å². The number of esters is 1. The smallest absolute Gasteiger partial charge is 0.338 e. The molecule has 0 aliphatic heterocycles. The molecular weight excluding hydrogens is 336 g/mol. The van der Waals surface area contributed by atoms with E-state index in [-0.39, 0.29) is 12.2 Å². The van der Waals surface area contributed by atoms with Gasteiger partial charge in [0.05, 0.1) is 11.3 Å². The van der Waals surface area contributed by atoms with Gasteiger partial charge >= 0.3 is 5.97 Å². The Morgan fingerprint density at radius 3 is 2.92 bits per heavy atom. The molecule has 2 heterocycles. The van der Waals surface area contributed by atoms with E-state index in [1.165, 1.54) is 10.9 Å². The van der Waals surface area contributed by atoms with E-state index in [0.29, 0.717) is 16.2 Å². The maximum atomic E-state index is 12.5. The van der Waals surface area contributed by atoms with Gasteiger partial charge in [0.15, 0.2) is 4.96 Å². The molecule has 4 rings (SSSR count). The zero-order chi connectivity index (χ0) is 17.4. The summed E-state index contributed by atoms with van der Waals surface area (Å²) < 4.78 is 7.07. The van der Waals surface area contributed by atoms with Gasteiger partial charge in [-0.15, -0.1) is 11.3 Å². The molecule has 2 aromatic heterocycles. The van der Waals surface area contributed by atoms with Crippen LogP contribution >= 0.6 is 11.3 Å². The van der Waals surface area contributed by atoms with Crippen LogP contribution in [0.25, 0.3) is 4.96 Å². The number of nitrogens with zero attached hydrogens (tertiary/aromatic N) is 2. The van der Waals surface area contributed by atoms with Crippen molar-refractivity contribution in [2.45, 2.75) is 39.2 Å². The van der Waals surface area contributed by atoms with Crippen LogP contribution in [0.5, 0.6) is 0 Å². The molecule has 0 fully saturated rings. The van der Waals surface area contributed by atoms with Gasteiger partial charge in [-0.2, -0.15) is 0 Å². The highest BCUT2D eigenvalue weighted by molar-refractivity contribution is 7.17. The van der Waals surface area contributed by atoms with Crippen LogP contribution < -0.4 is 5.56 Å². The number of fused-ring (bicyclic) bond motifs is 3. The fourth-order valence-electron chi connectivity index (χ4n) is 3.23. The van der Waals surface area contributed by atoms with Gasteiger partial charge in [0.2, 0.25) is 0 Å². The number of aromatic nitrogens is 2. The molecule has 0 atom stereocenters. The molecule has 1 aliphatic carbocycles. The molecule has 0 bridgehead atoms. The Morgan fingerprint density at radius 2 is 2.08 bits per heavy atom. The number of aryl methyl sites for hydroxylation is 3. The summed E-state index contributed by atoms with van der Waals surface area (Å²) >= 11 is 1.57. The van der Waals surface area contributed by atoms with Crippen molar-refractivity contribution >= 4 is 22.3 Å². The Morgan fingerprint density at radius 1 is 1.28 bits per heavy atom. The standard InChI is InChI=1S/C19H18N2O3S/c1-12-6-2-3-7-14(12)18(23)24-11-13-10-17(22)21-15-8-4-5-9-16(15)25-19(21)20-13/h2-3,6-7,10H,4-5,8-9,11H2,1H3. The van der Waals surface area contributed by atoms with Crippen LogP contribution in [0.1, 0.15) is 45.0 Å². The number of thiazole rings is 1. The predicted octanol–water partition coefficient (Wildman–Crippen LogP) is 3.30. The minimum atomic E-state index is -0.398. The molecule has 1 aromatic carbocycles. The summed E-state index contributed by atoms with van der Waals surface area (Å²) in [5, 5.41) is 0. The third-order valence-electron chi connectivity index (χ3n) is 4.53. The molecule has 0 unspecified atom stereocenters. The number of benzene rings is 1. The number of rotatable bonds is 3. The van der Waals surface area contributed by atoms with E-state index in [9.17, 15) is 9.59 Å². The fraction of sp³-hybridized carbons (Fsp3) is 0.316. The second-order valence-electron chi connectivity index (χ2n) is 6.27. The van der Waals surface area contributed by atoms with Gasteiger partial charge in [0, 0.05) is 16.6 Å². The molecule has 1 aliphatic rings. The molecule has 0 saturated carbocycles. The minimum absolute atomic E-state index is 0.00146. The number of hydrogen-bond acceptors (Lipinski definition) is 5. The number of carbonyl (C=O) groups excluding carboxylic acids is 1. The highest BCUT2D eigenvalue weighted by atomic mass is 32.1. The average Bonchev–Trinajstić information content (AvgIpc) is 2.99. The Bertz CT molecular complexity index is 1020. The zero-order valence-corrected chi connectivity index (χ0v) is 14.8. The van der Waals surface area contributed by atoms with Crippen LogP contribution in [-0.2, 0) is 24.2 Å². The van der Waals surface area contributed by atoms with Crippen molar-refractivity contribution in [3.63, 3.8) is 0 Å². The van der Waals surface area contributed by atoms with Gasteiger partial charge in [0.1, 0.15) is 6.61 Å². The quantitative estimate of drug-likeness (QED) is 0.677. The van der Waals surface area contributed by atoms with Gasteiger partial charge in [-0.3, -0.25) is 9.20 Å². The average molecular weight is 354 g/mol. The van der Waals surface area contributed by atoms with Crippen LogP contribution in [0.2, 0.25) is 0 Å². The van der Waals surface area contributed by atoms with Crippen LogP contribution in [0.3, 0.4) is 0 Å². The lowest BCUT2D eigenvalue weighted by molar-refractivity contribution is 0.0467. The molecule has 0 radical (unpaired) electrons. The highest BCUT2D eigenvalue weighted by Gasteiger charge is 2.19. The van der Waals surface area contributed by atoms with E-state index in [0.717, 1.165) is 36.9 Å². The van der Waals surface area contributed by atoms with Crippen LogP contribution in [0.4, 0.5) is 0 Å². The third-order valence-corrected chi connectivity index (χ3v) is 5.67. The van der Waals surface area contributed by atoms with E-state index in [1.807, 2.05) is 19.1 Å². The normalized spacial score (nSPS) is 13.6. The molecule has 0 saturated heterocycles. The van der Waals surface area contributed by atoms with Crippen LogP contribution in [-0.4, -0.2) is 15.4 Å². The molecule has 5 nitrogen and oxygen atoms in total. The number of hydrogen-bond donors (Lipinski definition) is 0. The lowest BCUT2D eigenvalue weighted by Crippen LogP contribution is -2.18. The first kappa shape index (κ1) is 16.0. The maximum Gasteiger partial charge on any atom is 0.338 e. The van der Waals surface area contributed by atoms with Gasteiger partial charge in [-0.25, -0.2) is 9.78 Å². The van der Waals surface area contributed by atoms with Gasteiger partial charge in [-0.05, 0) is 44.2 Å². The molecule has 0 amide bonds. The lowest BCUT2D eigenvalue weighted by Gasteiger charge is -2.10. The summed E-state index contributed by atoms with van der Waals surface area (Å²) in [4.78, 5) is 31.2. The second kappa shape index (κ2) is 6.44. The molecular formula is C19H18N2O3S. The van der Waals surface area contributed by atoms with Gasteiger partial charge in [-0.1, -0.05) is 18.2 Å². The summed E-state index contributed by atoms with van der Waals surface area (Å²) in [6.07, 6.45) is 4.22. The molecule has 0 N–H and O–H groups in total. The van der Waals surface area contributed by atoms with Crippen molar-refractivity contribution in [2.24, 2.45) is 0 Å². The van der Waals surface area contributed by atoms with Crippen LogP contribution in [0.15, 0.2) is 35.1 Å². The van der Waals surface area contributed by atoms with E-state index in [2.05, 4.69) is 4.98 Å². The fourth-order valence-corrected chi connectivity index (χ4v) is 4.47. The molecule has 0 spiro atoms. The summed E-state index contributed by atoms with van der Waals surface area (Å²) in [6, 6.07) is 8.75.